The zero-order valence-electron chi connectivity index (χ0n) is 26.1. The molecule has 0 fully saturated rings. The van der Waals surface area contributed by atoms with E-state index in [9.17, 15) is 18.0 Å². The highest BCUT2D eigenvalue weighted by Crippen LogP contribution is 2.33. The lowest BCUT2D eigenvalue weighted by molar-refractivity contribution is -0.140. The van der Waals surface area contributed by atoms with Gasteiger partial charge in [-0.2, -0.15) is 0 Å². The normalized spacial score (nSPS) is 11.8. The molecule has 0 unspecified atom stereocenters. The number of hydrogen-bond acceptors (Lipinski definition) is 7. The summed E-state index contributed by atoms with van der Waals surface area (Å²) >= 11 is 0. The van der Waals surface area contributed by atoms with E-state index in [1.165, 1.54) is 37.3 Å². The Labute approximate surface area is 261 Å². The second kappa shape index (κ2) is 16.6. The van der Waals surface area contributed by atoms with Crippen LogP contribution < -0.4 is 23.8 Å². The number of methoxy groups -OCH3 is 2. The molecule has 44 heavy (non-hydrogen) atoms. The number of anilines is 1. The number of amides is 2. The zero-order valence-corrected chi connectivity index (χ0v) is 26.9. The smallest absolute Gasteiger partial charge is 0.264 e. The van der Waals surface area contributed by atoms with Crippen LogP contribution in [0.2, 0.25) is 0 Å². The first-order chi connectivity index (χ1) is 21.2. The Hall–Kier alpha value is -4.25. The Morgan fingerprint density at radius 1 is 0.886 bits per heavy atom. The average molecular weight is 626 g/mol. The van der Waals surface area contributed by atoms with Gasteiger partial charge in [0.15, 0.2) is 11.5 Å². The van der Waals surface area contributed by atoms with Crippen LogP contribution in [0.5, 0.6) is 17.2 Å². The fourth-order valence-corrected chi connectivity index (χ4v) is 6.14. The lowest BCUT2D eigenvalue weighted by Crippen LogP contribution is -2.52. The minimum absolute atomic E-state index is 0.0872. The van der Waals surface area contributed by atoms with Crippen molar-refractivity contribution in [1.82, 2.24) is 10.2 Å². The number of carbonyl (C=O) groups is 2. The molecule has 10 nitrogen and oxygen atoms in total. The molecule has 0 heterocycles. The van der Waals surface area contributed by atoms with E-state index in [0.29, 0.717) is 31.1 Å². The third kappa shape index (κ3) is 8.66. The number of hydrogen-bond donors (Lipinski definition) is 1. The molecule has 3 rings (SSSR count). The zero-order chi connectivity index (χ0) is 32.1. The summed E-state index contributed by atoms with van der Waals surface area (Å²) in [4.78, 5) is 28.9. The minimum Gasteiger partial charge on any atom is -0.494 e. The van der Waals surface area contributed by atoms with Crippen LogP contribution in [0.1, 0.15) is 45.6 Å². The van der Waals surface area contributed by atoms with Crippen LogP contribution >= 0.6 is 0 Å². The van der Waals surface area contributed by atoms with E-state index in [2.05, 4.69) is 5.32 Å². The first-order valence-corrected chi connectivity index (χ1v) is 16.2. The Kier molecular flexibility index (Phi) is 12.9. The number of ether oxygens (including phenoxy) is 3. The summed E-state index contributed by atoms with van der Waals surface area (Å²) in [6.07, 6.45) is 2.07. The lowest BCUT2D eigenvalue weighted by Gasteiger charge is -2.33. The van der Waals surface area contributed by atoms with Crippen molar-refractivity contribution in [2.45, 2.75) is 57.5 Å². The van der Waals surface area contributed by atoms with Crippen molar-refractivity contribution in [1.29, 1.82) is 0 Å². The Morgan fingerprint density at radius 2 is 1.57 bits per heavy atom. The molecule has 238 valence electrons. The predicted octanol–water partition coefficient (Wildman–Crippen LogP) is 5.02. The first kappa shape index (κ1) is 34.2. The molecule has 0 radical (unpaired) electrons. The fraction of sp³-hybridized carbons (Fsp3) is 0.394. The van der Waals surface area contributed by atoms with Crippen molar-refractivity contribution in [2.75, 3.05) is 38.2 Å². The van der Waals surface area contributed by atoms with Crippen molar-refractivity contribution >= 4 is 27.5 Å². The van der Waals surface area contributed by atoms with Crippen molar-refractivity contribution in [3.8, 4) is 17.2 Å². The van der Waals surface area contributed by atoms with E-state index in [0.717, 1.165) is 22.7 Å². The molecule has 1 atom stereocenters. The number of benzene rings is 3. The third-order valence-corrected chi connectivity index (χ3v) is 8.84. The van der Waals surface area contributed by atoms with Gasteiger partial charge in [0.25, 0.3) is 10.0 Å². The van der Waals surface area contributed by atoms with Crippen molar-refractivity contribution in [3.63, 3.8) is 0 Å². The van der Waals surface area contributed by atoms with E-state index in [1.807, 2.05) is 51.1 Å². The van der Waals surface area contributed by atoms with Crippen LogP contribution in [0.3, 0.4) is 0 Å². The molecule has 0 aliphatic rings. The van der Waals surface area contributed by atoms with Gasteiger partial charge in [0.1, 0.15) is 18.3 Å². The van der Waals surface area contributed by atoms with Crippen LogP contribution in [-0.4, -0.2) is 65.1 Å². The predicted molar refractivity (Wildman–Crippen MR) is 171 cm³/mol. The summed E-state index contributed by atoms with van der Waals surface area (Å²) in [5.74, 6) is 0.354. The SMILES string of the molecule is CCCCNC(=O)[C@H](CC)N(Cc1ccccc1)C(=O)CN(c1ccc(OCC)cc1)S(=O)(=O)c1ccc(OC)c(OC)c1. The number of sulfonamides is 1. The maximum atomic E-state index is 14.2. The van der Waals surface area contributed by atoms with Gasteiger partial charge in [-0.3, -0.25) is 13.9 Å². The maximum absolute atomic E-state index is 14.2. The monoisotopic (exact) mass is 625 g/mol. The van der Waals surface area contributed by atoms with E-state index in [-0.39, 0.29) is 28.8 Å². The van der Waals surface area contributed by atoms with Gasteiger partial charge in [0.2, 0.25) is 11.8 Å². The molecular formula is C33H43N3O7S. The highest BCUT2D eigenvalue weighted by Gasteiger charge is 2.34. The van der Waals surface area contributed by atoms with Gasteiger partial charge in [0, 0.05) is 19.2 Å². The topological polar surface area (TPSA) is 114 Å². The molecule has 0 spiro atoms. The lowest BCUT2D eigenvalue weighted by atomic mass is 10.1. The van der Waals surface area contributed by atoms with E-state index in [4.69, 9.17) is 14.2 Å². The highest BCUT2D eigenvalue weighted by molar-refractivity contribution is 7.92. The fourth-order valence-electron chi connectivity index (χ4n) is 4.71. The van der Waals surface area contributed by atoms with Crippen LogP contribution in [0, 0.1) is 0 Å². The summed E-state index contributed by atoms with van der Waals surface area (Å²) in [6, 6.07) is 19.3. The minimum atomic E-state index is -4.30. The van der Waals surface area contributed by atoms with Gasteiger partial charge in [0.05, 0.1) is 31.4 Å². The highest BCUT2D eigenvalue weighted by atomic mass is 32.2. The Morgan fingerprint density at radius 3 is 2.16 bits per heavy atom. The summed E-state index contributed by atoms with van der Waals surface area (Å²) in [6.45, 7) is 6.24. The summed E-state index contributed by atoms with van der Waals surface area (Å²) in [5.41, 5.74) is 1.08. The van der Waals surface area contributed by atoms with Gasteiger partial charge in [-0.1, -0.05) is 50.6 Å². The molecule has 0 bridgehead atoms. The molecule has 0 saturated heterocycles. The van der Waals surface area contributed by atoms with Crippen molar-refractivity contribution in [3.05, 3.63) is 78.4 Å². The van der Waals surface area contributed by atoms with Crippen LogP contribution in [0.25, 0.3) is 0 Å². The summed E-state index contributed by atoms with van der Waals surface area (Å²) in [5, 5.41) is 2.93. The van der Waals surface area contributed by atoms with Gasteiger partial charge < -0.3 is 24.4 Å². The number of nitrogens with one attached hydrogen (secondary N) is 1. The number of carbonyl (C=O) groups excluding carboxylic acids is 2. The van der Waals surface area contributed by atoms with Crippen LogP contribution in [-0.2, 0) is 26.2 Å². The number of unbranched alkanes of at least 4 members (excludes halogenated alkanes) is 1. The third-order valence-electron chi connectivity index (χ3n) is 7.07. The summed E-state index contributed by atoms with van der Waals surface area (Å²) < 4.78 is 45.7. The second-order valence-electron chi connectivity index (χ2n) is 10.0. The number of nitrogens with zero attached hydrogens (tertiary/aromatic N) is 2. The van der Waals surface area contributed by atoms with Crippen LogP contribution in [0.4, 0.5) is 5.69 Å². The van der Waals surface area contributed by atoms with E-state index in [1.54, 1.807) is 24.3 Å². The molecule has 2 amide bonds. The molecule has 3 aromatic rings. The van der Waals surface area contributed by atoms with Gasteiger partial charge >= 0.3 is 0 Å². The van der Waals surface area contributed by atoms with Crippen LogP contribution in [0.15, 0.2) is 77.7 Å². The largest absolute Gasteiger partial charge is 0.494 e. The van der Waals surface area contributed by atoms with Crippen molar-refractivity contribution < 1.29 is 32.2 Å². The molecule has 11 heteroatoms. The Balaban J connectivity index is 2.07. The molecule has 0 aliphatic heterocycles. The summed E-state index contributed by atoms with van der Waals surface area (Å²) in [7, 11) is -1.42. The standard InChI is InChI=1S/C33H43N3O7S/c1-6-9-21-34-33(38)29(7-2)35(23-25-13-11-10-12-14-25)32(37)24-36(26-15-17-27(18-16-26)43-8-3)44(39,40)28-19-20-30(41-4)31(22-28)42-5/h10-20,22,29H,6-9,21,23-24H2,1-5H3,(H,34,38)/t29-/m0/s1. The first-order valence-electron chi connectivity index (χ1n) is 14.8. The molecule has 0 aliphatic carbocycles. The molecule has 3 aromatic carbocycles. The van der Waals surface area contributed by atoms with Gasteiger partial charge in [-0.05, 0) is 61.7 Å². The Bertz CT molecular complexity index is 1460. The number of rotatable bonds is 17. The van der Waals surface area contributed by atoms with E-state index >= 15 is 0 Å². The molecule has 1 N–H and O–H groups in total. The maximum Gasteiger partial charge on any atom is 0.264 e. The van der Waals surface area contributed by atoms with Crippen molar-refractivity contribution in [2.24, 2.45) is 0 Å². The van der Waals surface area contributed by atoms with Gasteiger partial charge in [-0.25, -0.2) is 8.42 Å². The molecular weight excluding hydrogens is 582 g/mol. The second-order valence-corrected chi connectivity index (χ2v) is 11.9. The quantitative estimate of drug-likeness (QED) is 0.210. The van der Waals surface area contributed by atoms with E-state index < -0.39 is 28.5 Å². The van der Waals surface area contributed by atoms with Gasteiger partial charge in [-0.15, -0.1) is 0 Å². The molecule has 0 aromatic heterocycles. The molecule has 0 saturated carbocycles. The average Bonchev–Trinajstić information content (AvgIpc) is 3.04.